The van der Waals surface area contributed by atoms with E-state index in [1.54, 1.807) is 0 Å². The fourth-order valence-electron chi connectivity index (χ4n) is 4.00. The number of benzene rings is 4. The molecule has 132 valence electrons. The van der Waals surface area contributed by atoms with E-state index in [1.165, 1.54) is 0 Å². The zero-order chi connectivity index (χ0) is 18.7. The van der Waals surface area contributed by atoms with Gasteiger partial charge in [-0.15, -0.1) is 0 Å². The highest BCUT2D eigenvalue weighted by Gasteiger charge is 2.17. The van der Waals surface area contributed by atoms with Crippen LogP contribution >= 0.6 is 11.6 Å². The number of furan rings is 1. The van der Waals surface area contributed by atoms with Crippen LogP contribution in [0.2, 0.25) is 5.28 Å². The largest absolute Gasteiger partial charge is 0.455 e. The van der Waals surface area contributed by atoms with Gasteiger partial charge in [0.2, 0.25) is 5.28 Å². The number of hydrogen-bond donors (Lipinski definition) is 0. The smallest absolute Gasteiger partial charge is 0.223 e. The molecule has 0 amide bonds. The van der Waals surface area contributed by atoms with Gasteiger partial charge in [0.25, 0.3) is 0 Å². The van der Waals surface area contributed by atoms with Crippen molar-refractivity contribution in [2.75, 3.05) is 0 Å². The zero-order valence-corrected chi connectivity index (χ0v) is 15.4. The van der Waals surface area contributed by atoms with Crippen molar-refractivity contribution in [3.63, 3.8) is 0 Å². The Bertz CT molecular complexity index is 1530. The van der Waals surface area contributed by atoms with Gasteiger partial charge in [0.05, 0.1) is 11.2 Å². The summed E-state index contributed by atoms with van der Waals surface area (Å²) in [6.07, 6.45) is 0. The second kappa shape index (κ2) is 5.78. The third kappa shape index (κ3) is 2.17. The van der Waals surface area contributed by atoms with Gasteiger partial charge in [-0.05, 0) is 35.2 Å². The first-order valence-electron chi connectivity index (χ1n) is 9.05. The maximum atomic E-state index is 6.28. The molecule has 2 heterocycles. The molecule has 0 aliphatic heterocycles. The van der Waals surface area contributed by atoms with Gasteiger partial charge in [0.1, 0.15) is 11.2 Å². The molecule has 3 nitrogen and oxygen atoms in total. The van der Waals surface area contributed by atoms with Crippen LogP contribution in [0.3, 0.4) is 0 Å². The number of hydrogen-bond acceptors (Lipinski definition) is 3. The third-order valence-electron chi connectivity index (χ3n) is 5.22. The van der Waals surface area contributed by atoms with Crippen molar-refractivity contribution in [2.45, 2.75) is 0 Å². The Balaban J connectivity index is 1.85. The van der Waals surface area contributed by atoms with Gasteiger partial charge >= 0.3 is 0 Å². The second-order valence-electron chi connectivity index (χ2n) is 6.80. The van der Waals surface area contributed by atoms with E-state index >= 15 is 0 Å². The van der Waals surface area contributed by atoms with E-state index in [-0.39, 0.29) is 5.28 Å². The highest BCUT2D eigenvalue weighted by molar-refractivity contribution is 6.29. The summed E-state index contributed by atoms with van der Waals surface area (Å²) in [6.45, 7) is 0. The number of halogens is 1. The van der Waals surface area contributed by atoms with Gasteiger partial charge in [-0.25, -0.2) is 9.97 Å². The van der Waals surface area contributed by atoms with Crippen molar-refractivity contribution in [1.29, 1.82) is 0 Å². The van der Waals surface area contributed by atoms with Crippen molar-refractivity contribution in [3.05, 3.63) is 84.1 Å². The van der Waals surface area contributed by atoms with Gasteiger partial charge in [0, 0.05) is 27.1 Å². The molecule has 6 aromatic rings. The van der Waals surface area contributed by atoms with Crippen LogP contribution in [0, 0.1) is 0 Å². The molecule has 28 heavy (non-hydrogen) atoms. The van der Waals surface area contributed by atoms with Gasteiger partial charge in [-0.3, -0.25) is 0 Å². The van der Waals surface area contributed by atoms with Crippen LogP contribution in [-0.2, 0) is 0 Å². The Morgan fingerprint density at radius 2 is 1.32 bits per heavy atom. The number of nitrogens with zero attached hydrogens (tertiary/aromatic N) is 2. The lowest BCUT2D eigenvalue weighted by molar-refractivity contribution is 0.672. The van der Waals surface area contributed by atoms with Crippen LogP contribution in [0.25, 0.3) is 54.9 Å². The lowest BCUT2D eigenvalue weighted by atomic mass is 9.96. The summed E-state index contributed by atoms with van der Waals surface area (Å²) in [6, 6.07) is 26.5. The number of para-hydroxylation sites is 2. The molecule has 0 N–H and O–H groups in total. The van der Waals surface area contributed by atoms with E-state index in [1.807, 2.05) is 54.6 Å². The van der Waals surface area contributed by atoms with Crippen molar-refractivity contribution in [3.8, 4) is 11.3 Å². The van der Waals surface area contributed by atoms with E-state index in [4.69, 9.17) is 16.0 Å². The lowest BCUT2D eigenvalue weighted by Crippen LogP contribution is -1.92. The summed E-state index contributed by atoms with van der Waals surface area (Å²) in [4.78, 5) is 9.00. The fraction of sp³-hybridized carbons (Fsp3) is 0. The Morgan fingerprint density at radius 1 is 0.643 bits per heavy atom. The number of rotatable bonds is 1. The zero-order valence-electron chi connectivity index (χ0n) is 14.7. The molecule has 0 saturated heterocycles. The van der Waals surface area contributed by atoms with Gasteiger partial charge in [-0.1, -0.05) is 60.7 Å². The van der Waals surface area contributed by atoms with Crippen molar-refractivity contribution in [2.24, 2.45) is 0 Å². The van der Waals surface area contributed by atoms with Gasteiger partial charge < -0.3 is 4.42 Å². The monoisotopic (exact) mass is 380 g/mol. The van der Waals surface area contributed by atoms with E-state index < -0.39 is 0 Å². The summed E-state index contributed by atoms with van der Waals surface area (Å²) in [5.74, 6) is 0. The molecule has 0 atom stereocenters. The Hall–Kier alpha value is -3.43. The molecular weight excluding hydrogens is 368 g/mol. The summed E-state index contributed by atoms with van der Waals surface area (Å²) < 4.78 is 6.21. The number of aromatic nitrogens is 2. The first kappa shape index (κ1) is 15.6. The third-order valence-corrected chi connectivity index (χ3v) is 5.38. The van der Waals surface area contributed by atoms with Crippen molar-refractivity contribution >= 4 is 55.2 Å². The maximum absolute atomic E-state index is 6.28. The normalized spacial score (nSPS) is 11.8. The molecule has 4 heteroatoms. The topological polar surface area (TPSA) is 38.9 Å². The minimum atomic E-state index is 0.245. The number of fused-ring (bicyclic) bond motifs is 6. The molecule has 0 radical (unpaired) electrons. The first-order valence-corrected chi connectivity index (χ1v) is 9.43. The molecule has 4 aromatic carbocycles. The minimum Gasteiger partial charge on any atom is -0.455 e. The van der Waals surface area contributed by atoms with Gasteiger partial charge in [0.15, 0.2) is 0 Å². The molecule has 0 saturated carbocycles. The molecule has 2 aromatic heterocycles. The average Bonchev–Trinajstić information content (AvgIpc) is 3.11. The Kier molecular flexibility index (Phi) is 3.22. The van der Waals surface area contributed by atoms with Crippen molar-refractivity contribution in [1.82, 2.24) is 9.97 Å². The predicted molar refractivity (Wildman–Crippen MR) is 115 cm³/mol. The maximum Gasteiger partial charge on any atom is 0.223 e. The molecular formula is C24H13ClN2O. The van der Waals surface area contributed by atoms with Crippen LogP contribution < -0.4 is 0 Å². The second-order valence-corrected chi connectivity index (χ2v) is 7.14. The highest BCUT2D eigenvalue weighted by Crippen LogP contribution is 2.40. The van der Waals surface area contributed by atoms with E-state index in [0.717, 1.165) is 54.9 Å². The highest BCUT2D eigenvalue weighted by atomic mass is 35.5. The SMILES string of the molecule is Clc1nc(-c2cc3c4ccccc4oc3c3ccccc23)c2ccccc2n1. The summed E-state index contributed by atoms with van der Waals surface area (Å²) >= 11 is 6.28. The van der Waals surface area contributed by atoms with Gasteiger partial charge in [-0.2, -0.15) is 0 Å². The fourth-order valence-corrected chi connectivity index (χ4v) is 4.17. The standard InChI is InChI=1S/C24H13ClN2O/c25-24-26-20-11-5-3-10-17(20)22(27-24)18-13-19-15-8-4-6-12-21(15)28-23(19)16-9-2-1-7-14(16)18/h1-13H. The molecule has 0 bridgehead atoms. The van der Waals surface area contributed by atoms with Crippen LogP contribution in [0.5, 0.6) is 0 Å². The van der Waals surface area contributed by atoms with Crippen LogP contribution in [0.1, 0.15) is 0 Å². The summed E-state index contributed by atoms with van der Waals surface area (Å²) in [5.41, 5.74) is 4.46. The van der Waals surface area contributed by atoms with Crippen LogP contribution in [-0.4, -0.2) is 9.97 Å². The van der Waals surface area contributed by atoms with Crippen LogP contribution in [0.15, 0.2) is 83.3 Å². The lowest BCUT2D eigenvalue weighted by Gasteiger charge is -2.10. The quantitative estimate of drug-likeness (QED) is 0.288. The average molecular weight is 381 g/mol. The summed E-state index contributed by atoms with van der Waals surface area (Å²) in [7, 11) is 0. The van der Waals surface area contributed by atoms with Crippen LogP contribution in [0.4, 0.5) is 0 Å². The molecule has 0 aliphatic rings. The summed E-state index contributed by atoms with van der Waals surface area (Å²) in [5, 5.41) is 5.52. The van der Waals surface area contributed by atoms with E-state index in [2.05, 4.69) is 34.2 Å². The molecule has 0 spiro atoms. The molecule has 6 rings (SSSR count). The molecule has 0 unspecified atom stereocenters. The van der Waals surface area contributed by atoms with E-state index in [9.17, 15) is 0 Å². The Labute approximate surface area is 165 Å². The minimum absolute atomic E-state index is 0.245. The predicted octanol–water partition coefficient (Wildman–Crippen LogP) is 7.00. The molecule has 0 fully saturated rings. The van der Waals surface area contributed by atoms with E-state index in [0.29, 0.717) is 0 Å². The Morgan fingerprint density at radius 3 is 2.18 bits per heavy atom. The molecule has 0 aliphatic carbocycles. The van der Waals surface area contributed by atoms with Crippen molar-refractivity contribution < 1.29 is 4.42 Å². The first-order chi connectivity index (χ1) is 13.8.